The molecule has 1 aromatic rings. The summed E-state index contributed by atoms with van der Waals surface area (Å²) in [6, 6.07) is 0. The van der Waals surface area contributed by atoms with E-state index in [4.69, 9.17) is 0 Å². The third kappa shape index (κ3) is 2.69. The lowest BCUT2D eigenvalue weighted by Crippen LogP contribution is -2.41. The first-order valence-electron chi connectivity index (χ1n) is 7.13. The summed E-state index contributed by atoms with van der Waals surface area (Å²) < 4.78 is 0. The van der Waals surface area contributed by atoms with Crippen LogP contribution in [0.25, 0.3) is 0 Å². The van der Waals surface area contributed by atoms with Crippen molar-refractivity contribution in [3.05, 3.63) is 18.7 Å². The smallest absolute Gasteiger partial charge is 0.225 e. The van der Waals surface area contributed by atoms with Crippen molar-refractivity contribution in [1.82, 2.24) is 14.9 Å². The Balaban J connectivity index is 1.56. The van der Waals surface area contributed by atoms with Gasteiger partial charge in [-0.05, 0) is 25.7 Å². The first kappa shape index (κ1) is 12.4. The number of amides is 1. The van der Waals surface area contributed by atoms with Gasteiger partial charge < -0.3 is 9.80 Å². The lowest BCUT2D eigenvalue weighted by Gasteiger charge is -2.34. The third-order valence-corrected chi connectivity index (χ3v) is 4.17. The first-order valence-corrected chi connectivity index (χ1v) is 7.13. The summed E-state index contributed by atoms with van der Waals surface area (Å²) in [5, 5.41) is 0. The maximum atomic E-state index is 12.3. The van der Waals surface area contributed by atoms with Crippen molar-refractivity contribution < 1.29 is 4.79 Å². The molecule has 5 heteroatoms. The monoisotopic (exact) mass is 260 g/mol. The Morgan fingerprint density at radius 3 is 2.32 bits per heavy atom. The van der Waals surface area contributed by atoms with Crippen molar-refractivity contribution in [2.45, 2.75) is 25.7 Å². The average molecular weight is 260 g/mol. The van der Waals surface area contributed by atoms with Gasteiger partial charge in [-0.25, -0.2) is 9.97 Å². The number of nitrogens with zero attached hydrogens (tertiary/aromatic N) is 4. The number of aromatic nitrogens is 2. The van der Waals surface area contributed by atoms with Gasteiger partial charge in [0.15, 0.2) is 0 Å². The van der Waals surface area contributed by atoms with Gasteiger partial charge in [-0.2, -0.15) is 0 Å². The molecule has 0 aromatic carbocycles. The van der Waals surface area contributed by atoms with Crippen molar-refractivity contribution in [3.63, 3.8) is 0 Å². The van der Waals surface area contributed by atoms with Crippen molar-refractivity contribution in [2.24, 2.45) is 5.92 Å². The Labute approximate surface area is 113 Å². The zero-order valence-electron chi connectivity index (χ0n) is 11.2. The van der Waals surface area contributed by atoms with E-state index in [2.05, 4.69) is 14.9 Å². The lowest BCUT2D eigenvalue weighted by molar-refractivity contribution is -0.135. The molecule has 3 heterocycles. The number of hydrogen-bond donors (Lipinski definition) is 0. The van der Waals surface area contributed by atoms with Crippen molar-refractivity contribution in [2.75, 3.05) is 31.1 Å². The van der Waals surface area contributed by atoms with Crippen LogP contribution in [0.3, 0.4) is 0 Å². The highest BCUT2D eigenvalue weighted by molar-refractivity contribution is 5.79. The Morgan fingerprint density at radius 1 is 1.05 bits per heavy atom. The standard InChI is InChI=1S/C14H20N4O/c19-14(18-5-1-2-6-18)12-3-7-17(8-4-12)13-9-15-11-16-10-13/h9-12H,1-8H2. The highest BCUT2D eigenvalue weighted by Gasteiger charge is 2.29. The molecular formula is C14H20N4O. The molecule has 0 bridgehead atoms. The van der Waals surface area contributed by atoms with Crippen molar-refractivity contribution in [1.29, 1.82) is 0 Å². The van der Waals surface area contributed by atoms with E-state index in [1.54, 1.807) is 6.33 Å². The number of hydrogen-bond acceptors (Lipinski definition) is 4. The van der Waals surface area contributed by atoms with Gasteiger partial charge in [-0.15, -0.1) is 0 Å². The summed E-state index contributed by atoms with van der Waals surface area (Å²) in [5.41, 5.74) is 1.06. The van der Waals surface area contributed by atoms with Crippen LogP contribution in [-0.4, -0.2) is 47.0 Å². The van der Waals surface area contributed by atoms with E-state index in [0.717, 1.165) is 44.7 Å². The molecular weight excluding hydrogens is 240 g/mol. The van der Waals surface area contributed by atoms with Gasteiger partial charge in [-0.1, -0.05) is 0 Å². The summed E-state index contributed by atoms with van der Waals surface area (Å²) in [6.45, 7) is 3.78. The molecule has 3 rings (SSSR count). The second-order valence-electron chi connectivity index (χ2n) is 5.39. The van der Waals surface area contributed by atoms with E-state index in [1.807, 2.05) is 17.3 Å². The van der Waals surface area contributed by atoms with Gasteiger partial charge >= 0.3 is 0 Å². The molecule has 102 valence electrons. The molecule has 0 radical (unpaired) electrons. The molecule has 5 nitrogen and oxygen atoms in total. The number of rotatable bonds is 2. The Morgan fingerprint density at radius 2 is 1.68 bits per heavy atom. The van der Waals surface area contributed by atoms with Crippen LogP contribution < -0.4 is 4.90 Å². The van der Waals surface area contributed by atoms with Crippen LogP contribution in [0.4, 0.5) is 5.69 Å². The van der Waals surface area contributed by atoms with Gasteiger partial charge in [0.2, 0.25) is 5.91 Å². The fourth-order valence-corrected chi connectivity index (χ4v) is 3.03. The molecule has 0 saturated carbocycles. The Bertz CT molecular complexity index is 422. The molecule has 0 aliphatic carbocycles. The first-order chi connectivity index (χ1) is 9.34. The van der Waals surface area contributed by atoms with Crippen LogP contribution in [-0.2, 0) is 4.79 Å². The van der Waals surface area contributed by atoms with Gasteiger partial charge in [0.25, 0.3) is 0 Å². The van der Waals surface area contributed by atoms with Crippen LogP contribution in [0, 0.1) is 5.92 Å². The Kier molecular flexibility index (Phi) is 3.62. The molecule has 2 aliphatic rings. The van der Waals surface area contributed by atoms with Crippen LogP contribution >= 0.6 is 0 Å². The number of likely N-dealkylation sites (tertiary alicyclic amines) is 1. The molecule has 0 atom stereocenters. The van der Waals surface area contributed by atoms with E-state index in [0.29, 0.717) is 5.91 Å². The van der Waals surface area contributed by atoms with Crippen LogP contribution in [0.2, 0.25) is 0 Å². The minimum Gasteiger partial charge on any atom is -0.369 e. The molecule has 19 heavy (non-hydrogen) atoms. The highest BCUT2D eigenvalue weighted by atomic mass is 16.2. The summed E-state index contributed by atoms with van der Waals surface area (Å²) in [7, 11) is 0. The molecule has 2 fully saturated rings. The molecule has 1 aromatic heterocycles. The maximum absolute atomic E-state index is 12.3. The zero-order valence-corrected chi connectivity index (χ0v) is 11.2. The average Bonchev–Trinajstić information content (AvgIpc) is 3.02. The van der Waals surface area contributed by atoms with Crippen molar-refractivity contribution in [3.8, 4) is 0 Å². The molecule has 2 aliphatic heterocycles. The normalized spacial score (nSPS) is 20.8. The number of carbonyl (C=O) groups excluding carboxylic acids is 1. The third-order valence-electron chi connectivity index (χ3n) is 4.17. The maximum Gasteiger partial charge on any atom is 0.225 e. The van der Waals surface area contributed by atoms with Crippen molar-refractivity contribution >= 4 is 11.6 Å². The van der Waals surface area contributed by atoms with Gasteiger partial charge in [0, 0.05) is 32.1 Å². The van der Waals surface area contributed by atoms with Gasteiger partial charge in [-0.3, -0.25) is 4.79 Å². The Hall–Kier alpha value is -1.65. The van der Waals surface area contributed by atoms with Gasteiger partial charge in [0.1, 0.15) is 6.33 Å². The highest BCUT2D eigenvalue weighted by Crippen LogP contribution is 2.24. The molecule has 0 spiro atoms. The number of piperidine rings is 1. The summed E-state index contributed by atoms with van der Waals surface area (Å²) in [5.74, 6) is 0.598. The fraction of sp³-hybridized carbons (Fsp3) is 0.643. The lowest BCUT2D eigenvalue weighted by atomic mass is 9.95. The summed E-state index contributed by atoms with van der Waals surface area (Å²) >= 11 is 0. The predicted molar refractivity (Wildman–Crippen MR) is 72.8 cm³/mol. The second-order valence-corrected chi connectivity index (χ2v) is 5.39. The van der Waals surface area contributed by atoms with Crippen LogP contribution in [0.15, 0.2) is 18.7 Å². The van der Waals surface area contributed by atoms with E-state index in [1.165, 1.54) is 12.8 Å². The number of anilines is 1. The fourth-order valence-electron chi connectivity index (χ4n) is 3.03. The minimum atomic E-state index is 0.221. The van der Waals surface area contributed by atoms with E-state index < -0.39 is 0 Å². The number of carbonyl (C=O) groups is 1. The molecule has 0 N–H and O–H groups in total. The zero-order chi connectivity index (χ0) is 13.1. The minimum absolute atomic E-state index is 0.221. The largest absolute Gasteiger partial charge is 0.369 e. The molecule has 1 amide bonds. The van der Waals surface area contributed by atoms with Gasteiger partial charge in [0.05, 0.1) is 18.1 Å². The van der Waals surface area contributed by atoms with Crippen LogP contribution in [0.5, 0.6) is 0 Å². The van der Waals surface area contributed by atoms with E-state index in [-0.39, 0.29) is 5.92 Å². The summed E-state index contributed by atoms with van der Waals surface area (Å²) in [6.07, 6.45) is 9.48. The van der Waals surface area contributed by atoms with Crippen LogP contribution in [0.1, 0.15) is 25.7 Å². The van der Waals surface area contributed by atoms with E-state index in [9.17, 15) is 4.79 Å². The predicted octanol–water partition coefficient (Wildman–Crippen LogP) is 1.32. The molecule has 0 unspecified atom stereocenters. The quantitative estimate of drug-likeness (QED) is 0.804. The SMILES string of the molecule is O=C(C1CCN(c2cncnc2)CC1)N1CCCC1. The van der Waals surface area contributed by atoms with E-state index >= 15 is 0 Å². The molecule has 2 saturated heterocycles. The second kappa shape index (κ2) is 5.55. The summed E-state index contributed by atoms with van der Waals surface area (Å²) in [4.78, 5) is 24.7. The topological polar surface area (TPSA) is 49.3 Å².